The van der Waals surface area contributed by atoms with Gasteiger partial charge in [0.05, 0.1) is 5.56 Å². The lowest BCUT2D eigenvalue weighted by molar-refractivity contribution is 0.356. The highest BCUT2D eigenvalue weighted by Gasteiger charge is 2.48. The van der Waals surface area contributed by atoms with Crippen molar-refractivity contribution >= 4 is 0 Å². The maximum absolute atomic E-state index is 9.51. The molecule has 1 fully saturated rings. The molecule has 1 aliphatic rings. The van der Waals surface area contributed by atoms with Crippen LogP contribution in [0, 0.1) is 0 Å². The van der Waals surface area contributed by atoms with Crippen LogP contribution in [0.1, 0.15) is 18.6 Å². The first kappa shape index (κ1) is 14.0. The van der Waals surface area contributed by atoms with Crippen molar-refractivity contribution in [2.24, 2.45) is 5.73 Å². The van der Waals surface area contributed by atoms with Gasteiger partial charge in [0.15, 0.2) is 5.76 Å². The number of hydrogen-bond donors (Lipinski definition) is 2. The zero-order chi connectivity index (χ0) is 15.9. The third-order valence-electron chi connectivity index (χ3n) is 4.62. The van der Waals surface area contributed by atoms with Crippen LogP contribution in [0.4, 0.5) is 0 Å². The Morgan fingerprint density at radius 1 is 1.00 bits per heavy atom. The highest BCUT2D eigenvalue weighted by atomic mass is 16.5. The molecule has 4 heteroatoms. The zero-order valence-electron chi connectivity index (χ0n) is 12.7. The smallest absolute Gasteiger partial charge is 0.152 e. The van der Waals surface area contributed by atoms with Crippen molar-refractivity contribution in [2.45, 2.75) is 18.3 Å². The van der Waals surface area contributed by atoms with Gasteiger partial charge < -0.3 is 15.4 Å². The van der Waals surface area contributed by atoms with Gasteiger partial charge in [0, 0.05) is 17.5 Å². The van der Waals surface area contributed by atoms with Gasteiger partial charge in [-0.2, -0.15) is 0 Å². The Balaban J connectivity index is 1.92. The SMILES string of the molecule is NCC1(c2onc(-c3ccc(O)cc3)c2-c2ccccc2)CC1. The number of phenolic OH excluding ortho intramolecular Hbond substituents is 1. The van der Waals surface area contributed by atoms with Crippen molar-refractivity contribution in [1.82, 2.24) is 5.16 Å². The Bertz CT molecular complexity index is 818. The molecule has 0 spiro atoms. The summed E-state index contributed by atoms with van der Waals surface area (Å²) in [5.74, 6) is 1.12. The number of rotatable bonds is 4. The molecule has 2 aromatic carbocycles. The van der Waals surface area contributed by atoms with E-state index >= 15 is 0 Å². The van der Waals surface area contributed by atoms with Crippen molar-refractivity contribution in [3.63, 3.8) is 0 Å². The molecular weight excluding hydrogens is 288 g/mol. The Kier molecular flexibility index (Phi) is 3.20. The number of aromatic hydroxyl groups is 1. The fourth-order valence-electron chi connectivity index (χ4n) is 3.02. The molecule has 1 aromatic heterocycles. The molecule has 4 rings (SSSR count). The summed E-state index contributed by atoms with van der Waals surface area (Å²) in [5, 5.41) is 13.8. The second kappa shape index (κ2) is 5.25. The van der Waals surface area contributed by atoms with Crippen LogP contribution in [0.25, 0.3) is 22.4 Å². The molecule has 0 amide bonds. The van der Waals surface area contributed by atoms with Crippen LogP contribution >= 0.6 is 0 Å². The average molecular weight is 306 g/mol. The number of aromatic nitrogens is 1. The van der Waals surface area contributed by atoms with Gasteiger partial charge >= 0.3 is 0 Å². The molecule has 0 unspecified atom stereocenters. The van der Waals surface area contributed by atoms with E-state index in [1.54, 1.807) is 12.1 Å². The van der Waals surface area contributed by atoms with E-state index in [1.807, 2.05) is 30.3 Å². The fraction of sp³-hybridized carbons (Fsp3) is 0.211. The summed E-state index contributed by atoms with van der Waals surface area (Å²) in [6.07, 6.45) is 2.07. The van der Waals surface area contributed by atoms with E-state index in [4.69, 9.17) is 10.3 Å². The fourth-order valence-corrected chi connectivity index (χ4v) is 3.02. The standard InChI is InChI=1S/C19H18N2O2/c20-12-19(10-11-19)18-16(13-4-2-1-3-5-13)17(21-23-18)14-6-8-15(22)9-7-14/h1-9,22H,10-12,20H2. The van der Waals surface area contributed by atoms with E-state index in [-0.39, 0.29) is 11.2 Å². The third-order valence-corrected chi connectivity index (χ3v) is 4.62. The van der Waals surface area contributed by atoms with E-state index < -0.39 is 0 Å². The molecule has 23 heavy (non-hydrogen) atoms. The van der Waals surface area contributed by atoms with Crippen LogP contribution in [-0.2, 0) is 5.41 Å². The van der Waals surface area contributed by atoms with Crippen LogP contribution in [0.3, 0.4) is 0 Å². The molecule has 3 N–H and O–H groups in total. The predicted octanol–water partition coefficient (Wildman–Crippen LogP) is 3.70. The zero-order valence-corrected chi connectivity index (χ0v) is 12.7. The molecule has 0 aliphatic heterocycles. The van der Waals surface area contributed by atoms with Crippen molar-refractivity contribution in [3.8, 4) is 28.1 Å². The lowest BCUT2D eigenvalue weighted by atomic mass is 9.92. The molecule has 0 saturated heterocycles. The van der Waals surface area contributed by atoms with E-state index in [9.17, 15) is 5.11 Å². The van der Waals surface area contributed by atoms with Crippen LogP contribution in [0.5, 0.6) is 5.75 Å². The van der Waals surface area contributed by atoms with Gasteiger partial charge in [0.2, 0.25) is 0 Å². The third kappa shape index (κ3) is 2.32. The van der Waals surface area contributed by atoms with Gasteiger partial charge in [-0.15, -0.1) is 0 Å². The van der Waals surface area contributed by atoms with Crippen molar-refractivity contribution in [1.29, 1.82) is 0 Å². The Morgan fingerprint density at radius 3 is 2.30 bits per heavy atom. The average Bonchev–Trinajstić information content (AvgIpc) is 3.27. The van der Waals surface area contributed by atoms with E-state index in [0.717, 1.165) is 41.0 Å². The first-order valence-corrected chi connectivity index (χ1v) is 7.78. The van der Waals surface area contributed by atoms with Crippen LogP contribution in [0.2, 0.25) is 0 Å². The monoisotopic (exact) mass is 306 g/mol. The van der Waals surface area contributed by atoms with Crippen molar-refractivity contribution in [2.75, 3.05) is 6.54 Å². The number of hydrogen-bond acceptors (Lipinski definition) is 4. The van der Waals surface area contributed by atoms with Crippen LogP contribution in [-0.4, -0.2) is 16.8 Å². The van der Waals surface area contributed by atoms with E-state index in [0.29, 0.717) is 6.54 Å². The first-order chi connectivity index (χ1) is 11.2. The van der Waals surface area contributed by atoms with Gasteiger partial charge in [-0.05, 0) is 42.7 Å². The summed E-state index contributed by atoms with van der Waals surface area (Å²) in [4.78, 5) is 0. The van der Waals surface area contributed by atoms with Gasteiger partial charge in [0.1, 0.15) is 11.4 Å². The molecule has 0 radical (unpaired) electrons. The molecule has 3 aromatic rings. The highest BCUT2D eigenvalue weighted by molar-refractivity contribution is 5.83. The Labute approximate surface area is 134 Å². The van der Waals surface area contributed by atoms with Crippen molar-refractivity contribution in [3.05, 3.63) is 60.4 Å². The van der Waals surface area contributed by atoms with Gasteiger partial charge in [-0.3, -0.25) is 0 Å². The van der Waals surface area contributed by atoms with Gasteiger partial charge in [0.25, 0.3) is 0 Å². The Morgan fingerprint density at radius 2 is 1.70 bits per heavy atom. The Hall–Kier alpha value is -2.59. The number of nitrogens with zero attached hydrogens (tertiary/aromatic N) is 1. The topological polar surface area (TPSA) is 72.3 Å². The maximum atomic E-state index is 9.51. The van der Waals surface area contributed by atoms with Crippen LogP contribution in [0.15, 0.2) is 59.1 Å². The second-order valence-corrected chi connectivity index (χ2v) is 6.13. The maximum Gasteiger partial charge on any atom is 0.152 e. The molecule has 4 nitrogen and oxygen atoms in total. The van der Waals surface area contributed by atoms with Crippen LogP contribution < -0.4 is 5.73 Å². The number of benzene rings is 2. The summed E-state index contributed by atoms with van der Waals surface area (Å²) >= 11 is 0. The second-order valence-electron chi connectivity index (χ2n) is 6.13. The lowest BCUT2D eigenvalue weighted by Gasteiger charge is -2.11. The van der Waals surface area contributed by atoms with Crippen molar-refractivity contribution < 1.29 is 9.63 Å². The summed E-state index contributed by atoms with van der Waals surface area (Å²) in [6, 6.07) is 17.2. The van der Waals surface area contributed by atoms with E-state index in [1.165, 1.54) is 0 Å². The number of nitrogens with two attached hydrogens (primary N) is 1. The van der Waals surface area contributed by atoms with Gasteiger partial charge in [-0.1, -0.05) is 35.5 Å². The summed E-state index contributed by atoms with van der Waals surface area (Å²) in [6.45, 7) is 0.567. The molecule has 0 bridgehead atoms. The minimum Gasteiger partial charge on any atom is -0.508 e. The summed E-state index contributed by atoms with van der Waals surface area (Å²) < 4.78 is 5.76. The molecule has 116 valence electrons. The molecule has 1 aliphatic carbocycles. The molecular formula is C19H18N2O2. The largest absolute Gasteiger partial charge is 0.508 e. The quantitative estimate of drug-likeness (QED) is 0.771. The van der Waals surface area contributed by atoms with E-state index in [2.05, 4.69) is 17.3 Å². The number of phenols is 1. The van der Waals surface area contributed by atoms with Gasteiger partial charge in [-0.25, -0.2) is 0 Å². The minimum atomic E-state index is -0.0760. The predicted molar refractivity (Wildman–Crippen MR) is 89.0 cm³/mol. The lowest BCUT2D eigenvalue weighted by Crippen LogP contribution is -2.19. The normalized spacial score (nSPS) is 15.5. The molecule has 1 saturated carbocycles. The highest BCUT2D eigenvalue weighted by Crippen LogP contribution is 2.52. The minimum absolute atomic E-state index is 0.0760. The summed E-state index contributed by atoms with van der Waals surface area (Å²) in [7, 11) is 0. The first-order valence-electron chi connectivity index (χ1n) is 7.78. The molecule has 1 heterocycles. The molecule has 0 atom stereocenters. The summed E-state index contributed by atoms with van der Waals surface area (Å²) in [5.41, 5.74) is 9.73.